The second kappa shape index (κ2) is 5.85. The second-order valence-electron chi connectivity index (χ2n) is 5.25. The Morgan fingerprint density at radius 2 is 2.05 bits per heavy atom. The van der Waals surface area contributed by atoms with Gasteiger partial charge in [0.25, 0.3) is 0 Å². The number of para-hydroxylation sites is 1. The lowest BCUT2D eigenvalue weighted by molar-refractivity contribution is -0.115. The molecule has 1 N–H and O–H groups in total. The number of nitrogens with zero attached hydrogens (tertiary/aromatic N) is 1. The first kappa shape index (κ1) is 14.7. The average Bonchev–Trinajstić information content (AvgIpc) is 2.87. The van der Waals surface area contributed by atoms with Gasteiger partial charge in [-0.15, -0.1) is 0 Å². The van der Waals surface area contributed by atoms with E-state index >= 15 is 0 Å². The number of carbonyl (C=O) groups is 1. The van der Waals surface area contributed by atoms with Gasteiger partial charge in [0.2, 0.25) is 5.91 Å². The molecule has 5 heteroatoms. The third-order valence-electron chi connectivity index (χ3n) is 3.55. The molecule has 1 amide bonds. The smallest absolute Gasteiger partial charge is 0.230 e. The van der Waals surface area contributed by atoms with Crippen LogP contribution in [0.4, 0.5) is 9.52 Å². The van der Waals surface area contributed by atoms with Crippen molar-refractivity contribution >= 4 is 32.6 Å². The van der Waals surface area contributed by atoms with Crippen LogP contribution < -0.4 is 5.32 Å². The highest BCUT2D eigenvalue weighted by molar-refractivity contribution is 7.22. The number of carbonyl (C=O) groups excluding carboxylic acids is 1. The average molecular weight is 314 g/mol. The summed E-state index contributed by atoms with van der Waals surface area (Å²) in [6, 6.07) is 10.7. The van der Waals surface area contributed by atoms with Crippen molar-refractivity contribution in [2.75, 3.05) is 5.32 Å². The topological polar surface area (TPSA) is 42.0 Å². The Bertz CT molecular complexity index is 857. The quantitative estimate of drug-likeness (QED) is 0.786. The minimum Gasteiger partial charge on any atom is -0.302 e. The van der Waals surface area contributed by atoms with Gasteiger partial charge in [-0.3, -0.25) is 4.79 Å². The zero-order valence-corrected chi connectivity index (χ0v) is 13.1. The number of amides is 1. The van der Waals surface area contributed by atoms with Crippen molar-refractivity contribution in [3.8, 4) is 0 Å². The lowest BCUT2D eigenvalue weighted by Crippen LogP contribution is -2.14. The molecule has 0 aliphatic heterocycles. The van der Waals surface area contributed by atoms with E-state index in [9.17, 15) is 9.18 Å². The molecule has 3 rings (SSSR count). The molecule has 1 heterocycles. The van der Waals surface area contributed by atoms with Crippen LogP contribution in [0.5, 0.6) is 0 Å². The normalized spacial score (nSPS) is 10.9. The number of nitrogens with one attached hydrogen (secondary N) is 1. The van der Waals surface area contributed by atoms with E-state index in [1.807, 2.05) is 32.0 Å². The molecule has 2 aromatic carbocycles. The predicted molar refractivity (Wildman–Crippen MR) is 87.8 cm³/mol. The minimum atomic E-state index is -0.372. The number of halogens is 1. The van der Waals surface area contributed by atoms with Crippen LogP contribution in [0.15, 0.2) is 36.4 Å². The number of rotatable bonds is 3. The zero-order valence-electron chi connectivity index (χ0n) is 12.3. The van der Waals surface area contributed by atoms with Gasteiger partial charge in [0.15, 0.2) is 5.13 Å². The molecule has 0 spiro atoms. The highest BCUT2D eigenvalue weighted by Crippen LogP contribution is 2.27. The molecular formula is C17H15FN2OS. The van der Waals surface area contributed by atoms with Gasteiger partial charge in [-0.1, -0.05) is 35.6 Å². The number of aryl methyl sites for hydroxylation is 2. The molecule has 0 bridgehead atoms. The molecule has 3 nitrogen and oxygen atoms in total. The first-order valence-corrected chi connectivity index (χ1v) is 7.75. The van der Waals surface area contributed by atoms with Crippen molar-refractivity contribution in [1.29, 1.82) is 0 Å². The number of aromatic nitrogens is 1. The van der Waals surface area contributed by atoms with Crippen LogP contribution in [0.3, 0.4) is 0 Å². The first-order valence-electron chi connectivity index (χ1n) is 6.94. The van der Waals surface area contributed by atoms with Gasteiger partial charge in [-0.25, -0.2) is 9.37 Å². The summed E-state index contributed by atoms with van der Waals surface area (Å²) in [5.41, 5.74) is 3.61. The molecule has 0 saturated carbocycles. The van der Waals surface area contributed by atoms with E-state index in [2.05, 4.69) is 10.3 Å². The van der Waals surface area contributed by atoms with Gasteiger partial charge in [-0.2, -0.15) is 0 Å². The summed E-state index contributed by atoms with van der Waals surface area (Å²) in [6.45, 7) is 4.06. The zero-order chi connectivity index (χ0) is 15.7. The van der Waals surface area contributed by atoms with Crippen molar-refractivity contribution < 1.29 is 9.18 Å². The van der Waals surface area contributed by atoms with Gasteiger partial charge < -0.3 is 5.32 Å². The van der Waals surface area contributed by atoms with Gasteiger partial charge in [0, 0.05) is 0 Å². The summed E-state index contributed by atoms with van der Waals surface area (Å²) in [5.74, 6) is -0.522. The van der Waals surface area contributed by atoms with Gasteiger partial charge in [-0.05, 0) is 42.7 Å². The number of fused-ring (bicyclic) bond motifs is 1. The van der Waals surface area contributed by atoms with Crippen LogP contribution in [0.2, 0.25) is 0 Å². The van der Waals surface area contributed by atoms with Crippen molar-refractivity contribution in [3.05, 3.63) is 58.9 Å². The Kier molecular flexibility index (Phi) is 3.90. The molecule has 0 saturated heterocycles. The second-order valence-corrected chi connectivity index (χ2v) is 6.28. The van der Waals surface area contributed by atoms with Crippen LogP contribution in [0.1, 0.15) is 16.7 Å². The number of hydrogen-bond donors (Lipinski definition) is 1. The number of thiazole rings is 1. The van der Waals surface area contributed by atoms with Crippen LogP contribution in [0.25, 0.3) is 10.2 Å². The van der Waals surface area contributed by atoms with Crippen molar-refractivity contribution in [3.63, 3.8) is 0 Å². The lowest BCUT2D eigenvalue weighted by Gasteiger charge is -2.05. The fourth-order valence-corrected chi connectivity index (χ4v) is 3.13. The molecule has 0 unspecified atom stereocenters. The fourth-order valence-electron chi connectivity index (χ4n) is 2.23. The summed E-state index contributed by atoms with van der Waals surface area (Å²) in [4.78, 5) is 16.2. The largest absolute Gasteiger partial charge is 0.302 e. The van der Waals surface area contributed by atoms with E-state index in [0.717, 1.165) is 15.8 Å². The summed E-state index contributed by atoms with van der Waals surface area (Å²) >= 11 is 1.27. The Morgan fingerprint density at radius 1 is 1.23 bits per heavy atom. The van der Waals surface area contributed by atoms with Crippen molar-refractivity contribution in [2.24, 2.45) is 0 Å². The Hall–Kier alpha value is -2.27. The molecule has 1 aromatic heterocycles. The molecule has 0 radical (unpaired) electrons. The maximum absolute atomic E-state index is 13.6. The number of hydrogen-bond acceptors (Lipinski definition) is 3. The van der Waals surface area contributed by atoms with E-state index in [1.165, 1.54) is 23.0 Å². The maximum atomic E-state index is 13.6. The Balaban J connectivity index is 1.75. The summed E-state index contributed by atoms with van der Waals surface area (Å²) in [6.07, 6.45) is 0.277. The molecule has 22 heavy (non-hydrogen) atoms. The summed E-state index contributed by atoms with van der Waals surface area (Å²) < 4.78 is 14.3. The predicted octanol–water partition coefficient (Wildman–Crippen LogP) is 4.23. The standard InChI is InChI=1S/C17H15FN2OS/c1-10-6-7-12(8-11(10)2)9-15(21)19-17-20-16-13(18)4-3-5-14(16)22-17/h3-8H,9H2,1-2H3,(H,19,20,21). The molecule has 0 aliphatic rings. The molecule has 112 valence electrons. The van der Waals surface area contributed by atoms with E-state index < -0.39 is 0 Å². The van der Waals surface area contributed by atoms with Crippen molar-refractivity contribution in [2.45, 2.75) is 20.3 Å². The monoisotopic (exact) mass is 314 g/mol. The molecule has 0 atom stereocenters. The fraction of sp³-hybridized carbons (Fsp3) is 0.176. The highest BCUT2D eigenvalue weighted by Gasteiger charge is 2.11. The number of anilines is 1. The van der Waals surface area contributed by atoms with Gasteiger partial charge in [0.1, 0.15) is 11.3 Å². The Labute approximate surface area is 131 Å². The third kappa shape index (κ3) is 2.99. The number of benzene rings is 2. The van der Waals surface area contributed by atoms with E-state index in [-0.39, 0.29) is 18.1 Å². The van der Waals surface area contributed by atoms with E-state index in [1.54, 1.807) is 12.1 Å². The van der Waals surface area contributed by atoms with E-state index in [4.69, 9.17) is 0 Å². The van der Waals surface area contributed by atoms with Gasteiger partial charge >= 0.3 is 0 Å². The molecule has 3 aromatic rings. The first-order chi connectivity index (χ1) is 10.5. The van der Waals surface area contributed by atoms with Gasteiger partial charge in [0.05, 0.1) is 11.1 Å². The molecule has 0 fully saturated rings. The SMILES string of the molecule is Cc1ccc(CC(=O)Nc2nc3c(F)cccc3s2)cc1C. The third-order valence-corrected chi connectivity index (χ3v) is 4.49. The summed E-state index contributed by atoms with van der Waals surface area (Å²) in [7, 11) is 0. The van der Waals surface area contributed by atoms with Crippen LogP contribution >= 0.6 is 11.3 Å². The van der Waals surface area contributed by atoms with E-state index in [0.29, 0.717) is 10.6 Å². The minimum absolute atomic E-state index is 0.150. The van der Waals surface area contributed by atoms with Crippen LogP contribution in [-0.4, -0.2) is 10.9 Å². The van der Waals surface area contributed by atoms with Crippen molar-refractivity contribution in [1.82, 2.24) is 4.98 Å². The highest BCUT2D eigenvalue weighted by atomic mass is 32.1. The van der Waals surface area contributed by atoms with Crippen LogP contribution in [-0.2, 0) is 11.2 Å². The lowest BCUT2D eigenvalue weighted by atomic mass is 10.0. The summed E-state index contributed by atoms with van der Waals surface area (Å²) in [5, 5.41) is 3.17. The Morgan fingerprint density at radius 3 is 2.77 bits per heavy atom. The molecular weight excluding hydrogens is 299 g/mol. The van der Waals surface area contributed by atoms with Crippen LogP contribution in [0, 0.1) is 19.7 Å². The maximum Gasteiger partial charge on any atom is 0.230 e. The molecule has 0 aliphatic carbocycles.